The average Bonchev–Trinajstić information content (AvgIpc) is 2.12. The van der Waals surface area contributed by atoms with Crippen LogP contribution in [-0.4, -0.2) is 21.1 Å². The molecule has 7 heteroatoms. The highest BCUT2D eigenvalue weighted by molar-refractivity contribution is 9.10. The first-order valence-corrected chi connectivity index (χ1v) is 4.58. The number of hydrogen-bond donors (Lipinski definition) is 2. The summed E-state index contributed by atoms with van der Waals surface area (Å²) in [6, 6.07) is 2.52. The van der Waals surface area contributed by atoms with Crippen LogP contribution in [0.2, 0.25) is 0 Å². The van der Waals surface area contributed by atoms with Crippen molar-refractivity contribution >= 4 is 21.9 Å². The molecule has 0 atom stereocenters. The Morgan fingerprint density at radius 2 is 2.13 bits per heavy atom. The summed E-state index contributed by atoms with van der Waals surface area (Å²) in [5, 5.41) is 28.5. The van der Waals surface area contributed by atoms with Gasteiger partial charge >= 0.3 is 5.97 Å². The van der Waals surface area contributed by atoms with Crippen molar-refractivity contribution in [2.75, 3.05) is 0 Å². The molecule has 0 saturated carbocycles. The maximum Gasteiger partial charge on any atom is 0.336 e. The summed E-state index contributed by atoms with van der Waals surface area (Å²) >= 11 is 2.95. The zero-order valence-electron chi connectivity index (χ0n) is 7.31. The van der Waals surface area contributed by atoms with Crippen LogP contribution in [0.4, 0.5) is 0 Å². The molecule has 1 rings (SSSR count). The van der Waals surface area contributed by atoms with Crippen LogP contribution in [0.15, 0.2) is 16.6 Å². The third kappa shape index (κ3) is 2.44. The standard InChI is InChI=1S/C8H6BrNO5/c9-6-2-1-4(8(12)13)5(7(6)11)3-10(14)15/h1-2,11H,3H2,(H,12,13). The molecule has 0 aliphatic heterocycles. The third-order valence-electron chi connectivity index (χ3n) is 1.75. The highest BCUT2D eigenvalue weighted by Crippen LogP contribution is 2.30. The lowest BCUT2D eigenvalue weighted by molar-refractivity contribution is -0.497. The van der Waals surface area contributed by atoms with Crippen LogP contribution in [0.3, 0.4) is 0 Å². The molecule has 0 bridgehead atoms. The van der Waals surface area contributed by atoms with Crippen LogP contribution in [-0.2, 0) is 6.54 Å². The van der Waals surface area contributed by atoms with Gasteiger partial charge in [0.2, 0.25) is 6.54 Å². The third-order valence-corrected chi connectivity index (χ3v) is 2.39. The summed E-state index contributed by atoms with van der Waals surface area (Å²) in [6.45, 7) is -0.729. The highest BCUT2D eigenvalue weighted by Gasteiger charge is 2.20. The zero-order chi connectivity index (χ0) is 11.6. The topological polar surface area (TPSA) is 101 Å². The summed E-state index contributed by atoms with van der Waals surface area (Å²) in [5.74, 6) is -1.72. The number of aromatic hydroxyl groups is 1. The number of phenolic OH excluding ortho intramolecular Hbond substituents is 1. The van der Waals surface area contributed by atoms with E-state index >= 15 is 0 Å². The van der Waals surface area contributed by atoms with E-state index in [1.807, 2.05) is 0 Å². The SMILES string of the molecule is O=C(O)c1ccc(Br)c(O)c1C[N+](=O)[O-]. The number of hydrogen-bond acceptors (Lipinski definition) is 4. The quantitative estimate of drug-likeness (QED) is 0.645. The molecule has 0 heterocycles. The van der Waals surface area contributed by atoms with Crippen LogP contribution in [0.1, 0.15) is 15.9 Å². The van der Waals surface area contributed by atoms with E-state index in [1.54, 1.807) is 0 Å². The van der Waals surface area contributed by atoms with Crippen molar-refractivity contribution in [1.82, 2.24) is 0 Å². The van der Waals surface area contributed by atoms with Crippen molar-refractivity contribution in [2.24, 2.45) is 0 Å². The Kier molecular flexibility index (Phi) is 3.25. The fraction of sp³-hybridized carbons (Fsp3) is 0.125. The van der Waals surface area contributed by atoms with Gasteiger partial charge in [-0.1, -0.05) is 0 Å². The van der Waals surface area contributed by atoms with Gasteiger partial charge in [-0.05, 0) is 28.1 Å². The van der Waals surface area contributed by atoms with Gasteiger partial charge in [0.25, 0.3) is 0 Å². The number of carbonyl (C=O) groups is 1. The summed E-state index contributed by atoms with van der Waals surface area (Å²) in [4.78, 5) is 20.3. The van der Waals surface area contributed by atoms with Gasteiger partial charge in [0.15, 0.2) is 0 Å². The molecule has 0 aliphatic carbocycles. The van der Waals surface area contributed by atoms with Gasteiger partial charge in [-0.15, -0.1) is 0 Å². The first kappa shape index (κ1) is 11.4. The molecule has 0 radical (unpaired) electrons. The molecular formula is C8H6BrNO5. The number of phenols is 1. The molecule has 0 fully saturated rings. The van der Waals surface area contributed by atoms with Crippen molar-refractivity contribution in [3.63, 3.8) is 0 Å². The smallest absolute Gasteiger partial charge is 0.336 e. The minimum absolute atomic E-state index is 0.207. The van der Waals surface area contributed by atoms with E-state index in [1.165, 1.54) is 12.1 Å². The van der Waals surface area contributed by atoms with Crippen molar-refractivity contribution in [2.45, 2.75) is 6.54 Å². The minimum Gasteiger partial charge on any atom is -0.506 e. The van der Waals surface area contributed by atoms with Gasteiger partial charge in [0, 0.05) is 4.92 Å². The second-order valence-corrected chi connectivity index (χ2v) is 3.57. The predicted octanol–water partition coefficient (Wildman–Crippen LogP) is 1.63. The Balaban J connectivity index is 3.34. The van der Waals surface area contributed by atoms with Crippen molar-refractivity contribution in [3.05, 3.63) is 37.8 Å². The molecule has 2 N–H and O–H groups in total. The number of carboxylic acid groups (broad SMARTS) is 1. The molecular weight excluding hydrogens is 270 g/mol. The van der Waals surface area contributed by atoms with E-state index in [-0.39, 0.29) is 15.6 Å². The van der Waals surface area contributed by atoms with Gasteiger partial charge in [-0.3, -0.25) is 10.1 Å². The molecule has 1 aromatic rings. The molecule has 0 aromatic heterocycles. The van der Waals surface area contributed by atoms with Gasteiger partial charge in [-0.25, -0.2) is 4.79 Å². The lowest BCUT2D eigenvalue weighted by Gasteiger charge is -2.05. The van der Waals surface area contributed by atoms with Crippen LogP contribution in [0.25, 0.3) is 0 Å². The fourth-order valence-corrected chi connectivity index (χ4v) is 1.47. The number of benzene rings is 1. The van der Waals surface area contributed by atoms with Crippen LogP contribution in [0.5, 0.6) is 5.75 Å². The van der Waals surface area contributed by atoms with Crippen LogP contribution < -0.4 is 0 Å². The van der Waals surface area contributed by atoms with E-state index in [9.17, 15) is 20.0 Å². The molecule has 0 saturated heterocycles. The lowest BCUT2D eigenvalue weighted by Crippen LogP contribution is -2.07. The average molecular weight is 276 g/mol. The van der Waals surface area contributed by atoms with Crippen molar-refractivity contribution in [3.8, 4) is 5.75 Å². The summed E-state index contributed by atoms with van der Waals surface area (Å²) in [6.07, 6.45) is 0. The minimum atomic E-state index is -1.31. The Bertz CT molecular complexity index is 431. The summed E-state index contributed by atoms with van der Waals surface area (Å²) < 4.78 is 0.226. The predicted molar refractivity (Wildman–Crippen MR) is 53.5 cm³/mol. The number of nitro groups is 1. The highest BCUT2D eigenvalue weighted by atomic mass is 79.9. The number of halogens is 1. The maximum absolute atomic E-state index is 10.7. The Labute approximate surface area is 92.4 Å². The Hall–Kier alpha value is -1.63. The van der Waals surface area contributed by atoms with Crippen LogP contribution >= 0.6 is 15.9 Å². The van der Waals surface area contributed by atoms with Crippen molar-refractivity contribution in [1.29, 1.82) is 0 Å². The largest absolute Gasteiger partial charge is 0.506 e. The van der Waals surface area contributed by atoms with Crippen molar-refractivity contribution < 1.29 is 19.9 Å². The molecule has 0 spiro atoms. The number of rotatable bonds is 3. The van der Waals surface area contributed by atoms with Crippen LogP contribution in [0, 0.1) is 10.1 Å². The maximum atomic E-state index is 10.7. The fourth-order valence-electron chi connectivity index (χ4n) is 1.10. The van der Waals surface area contributed by atoms with E-state index in [0.717, 1.165) is 0 Å². The summed E-state index contributed by atoms with van der Waals surface area (Å²) in [7, 11) is 0. The number of nitrogens with zero attached hydrogens (tertiary/aromatic N) is 1. The molecule has 15 heavy (non-hydrogen) atoms. The molecule has 0 aliphatic rings. The lowest BCUT2D eigenvalue weighted by atomic mass is 10.1. The first-order valence-electron chi connectivity index (χ1n) is 3.79. The van der Waals surface area contributed by atoms with E-state index < -0.39 is 23.2 Å². The number of aromatic carboxylic acids is 1. The summed E-state index contributed by atoms with van der Waals surface area (Å²) in [5.41, 5.74) is -0.478. The molecule has 1 aromatic carbocycles. The Morgan fingerprint density at radius 3 is 2.60 bits per heavy atom. The zero-order valence-corrected chi connectivity index (χ0v) is 8.89. The molecule has 6 nitrogen and oxygen atoms in total. The molecule has 0 unspecified atom stereocenters. The second kappa shape index (κ2) is 4.26. The van der Waals surface area contributed by atoms with E-state index in [0.29, 0.717) is 0 Å². The normalized spacial score (nSPS) is 9.93. The van der Waals surface area contributed by atoms with Gasteiger partial charge in [0.1, 0.15) is 5.75 Å². The molecule has 0 amide bonds. The van der Waals surface area contributed by atoms with Gasteiger partial charge in [-0.2, -0.15) is 0 Å². The Morgan fingerprint density at radius 1 is 1.53 bits per heavy atom. The van der Waals surface area contributed by atoms with E-state index in [4.69, 9.17) is 5.11 Å². The second-order valence-electron chi connectivity index (χ2n) is 2.72. The van der Waals surface area contributed by atoms with Gasteiger partial charge in [0.05, 0.1) is 15.6 Å². The van der Waals surface area contributed by atoms with Gasteiger partial charge < -0.3 is 10.2 Å². The number of carboxylic acids is 1. The molecule has 80 valence electrons. The monoisotopic (exact) mass is 275 g/mol. The van der Waals surface area contributed by atoms with E-state index in [2.05, 4.69) is 15.9 Å². The first-order chi connectivity index (χ1) is 6.93.